The van der Waals surface area contributed by atoms with Crippen molar-refractivity contribution in [1.82, 2.24) is 0 Å². The lowest BCUT2D eigenvalue weighted by Crippen LogP contribution is -2.20. The number of ketones is 1. The van der Waals surface area contributed by atoms with Gasteiger partial charge in [-0.25, -0.2) is 0 Å². The lowest BCUT2D eigenvalue weighted by Gasteiger charge is -2.21. The molecule has 0 aromatic rings. The van der Waals surface area contributed by atoms with Gasteiger partial charge in [-0.2, -0.15) is 0 Å². The zero-order chi connectivity index (χ0) is 8.97. The van der Waals surface area contributed by atoms with Gasteiger partial charge in [-0.15, -0.1) is 0 Å². The molecule has 0 spiro atoms. The summed E-state index contributed by atoms with van der Waals surface area (Å²) in [7, 11) is 0. The fourth-order valence-corrected chi connectivity index (χ4v) is 1.82. The van der Waals surface area contributed by atoms with Gasteiger partial charge in [0.05, 0.1) is 0 Å². The van der Waals surface area contributed by atoms with Crippen molar-refractivity contribution in [3.8, 4) is 0 Å². The number of rotatable bonds is 3. The van der Waals surface area contributed by atoms with Crippen LogP contribution >= 0.6 is 0 Å². The Morgan fingerprint density at radius 3 is 2.92 bits per heavy atom. The van der Waals surface area contributed by atoms with Gasteiger partial charge in [0.2, 0.25) is 0 Å². The van der Waals surface area contributed by atoms with E-state index in [-0.39, 0.29) is 5.92 Å². The molecule has 1 aliphatic carbocycles. The van der Waals surface area contributed by atoms with Crippen molar-refractivity contribution < 1.29 is 4.79 Å². The van der Waals surface area contributed by atoms with E-state index in [2.05, 4.69) is 19.1 Å². The maximum atomic E-state index is 11.4. The van der Waals surface area contributed by atoms with E-state index < -0.39 is 0 Å². The van der Waals surface area contributed by atoms with Gasteiger partial charge in [0.25, 0.3) is 0 Å². The number of Topliss-reactive ketones (excluding diaryl/α,β-unsaturated/α-hetero) is 1. The van der Waals surface area contributed by atoms with Gasteiger partial charge in [-0.05, 0) is 25.2 Å². The monoisotopic (exact) mass is 166 g/mol. The molecule has 0 aromatic carbocycles. The summed E-state index contributed by atoms with van der Waals surface area (Å²) < 4.78 is 0. The second-order valence-electron chi connectivity index (χ2n) is 3.63. The summed E-state index contributed by atoms with van der Waals surface area (Å²) >= 11 is 0. The maximum absolute atomic E-state index is 11.4. The molecule has 0 N–H and O–H groups in total. The number of hydrogen-bond donors (Lipinski definition) is 0. The minimum Gasteiger partial charge on any atom is -0.299 e. The molecule has 68 valence electrons. The molecule has 0 amide bonds. The molecule has 12 heavy (non-hydrogen) atoms. The van der Waals surface area contributed by atoms with E-state index in [0.717, 1.165) is 0 Å². The van der Waals surface area contributed by atoms with E-state index in [4.69, 9.17) is 0 Å². The Hall–Kier alpha value is -0.590. The summed E-state index contributed by atoms with van der Waals surface area (Å²) in [6.07, 6.45) is 8.77. The molecule has 1 aliphatic rings. The van der Waals surface area contributed by atoms with Crippen LogP contribution in [0.25, 0.3) is 0 Å². The van der Waals surface area contributed by atoms with Crippen LogP contribution in [0, 0.1) is 11.8 Å². The molecule has 0 aromatic heterocycles. The quantitative estimate of drug-likeness (QED) is 0.589. The van der Waals surface area contributed by atoms with Crippen LogP contribution in [0.15, 0.2) is 12.2 Å². The van der Waals surface area contributed by atoms with Crippen LogP contribution in [0.4, 0.5) is 0 Å². The van der Waals surface area contributed by atoms with Gasteiger partial charge < -0.3 is 0 Å². The average Bonchev–Trinajstić information content (AvgIpc) is 2.17. The first-order valence-electron chi connectivity index (χ1n) is 4.95. The average molecular weight is 166 g/mol. The molecule has 1 nitrogen and oxygen atoms in total. The molecule has 2 unspecified atom stereocenters. The van der Waals surface area contributed by atoms with Gasteiger partial charge in [0, 0.05) is 12.3 Å². The summed E-state index contributed by atoms with van der Waals surface area (Å²) in [6.45, 7) is 4.01. The molecule has 0 bridgehead atoms. The van der Waals surface area contributed by atoms with Gasteiger partial charge in [-0.1, -0.05) is 26.0 Å². The highest BCUT2D eigenvalue weighted by Gasteiger charge is 2.21. The first-order chi connectivity index (χ1) is 5.75. The zero-order valence-corrected chi connectivity index (χ0v) is 8.05. The molecule has 1 rings (SSSR count). The van der Waals surface area contributed by atoms with Crippen molar-refractivity contribution in [3.05, 3.63) is 12.2 Å². The Bertz CT molecular complexity index is 181. The Kier molecular flexibility index (Phi) is 3.51. The minimum atomic E-state index is 0.242. The molecule has 0 heterocycles. The van der Waals surface area contributed by atoms with Crippen molar-refractivity contribution in [2.45, 2.75) is 39.5 Å². The smallest absolute Gasteiger partial charge is 0.136 e. The van der Waals surface area contributed by atoms with E-state index in [1.165, 1.54) is 19.3 Å². The number of allylic oxidation sites excluding steroid dienone is 2. The van der Waals surface area contributed by atoms with E-state index in [0.29, 0.717) is 18.1 Å². The summed E-state index contributed by atoms with van der Waals surface area (Å²) in [5.74, 6) is 1.17. The highest BCUT2D eigenvalue weighted by atomic mass is 16.1. The molecule has 0 radical (unpaired) electrons. The molecular weight excluding hydrogens is 148 g/mol. The van der Waals surface area contributed by atoms with Gasteiger partial charge in [0.1, 0.15) is 5.78 Å². The molecule has 0 saturated carbocycles. The Morgan fingerprint density at radius 2 is 2.42 bits per heavy atom. The number of carbonyl (C=O) groups is 1. The van der Waals surface area contributed by atoms with Crippen molar-refractivity contribution in [2.75, 3.05) is 0 Å². The first-order valence-corrected chi connectivity index (χ1v) is 4.95. The zero-order valence-electron chi connectivity index (χ0n) is 8.05. The Balaban J connectivity index is 2.50. The third-order valence-electron chi connectivity index (χ3n) is 2.79. The molecule has 0 aliphatic heterocycles. The third kappa shape index (κ3) is 2.20. The van der Waals surface area contributed by atoms with Crippen LogP contribution in [-0.4, -0.2) is 5.78 Å². The van der Waals surface area contributed by atoms with Crippen LogP contribution in [0.3, 0.4) is 0 Å². The second-order valence-corrected chi connectivity index (χ2v) is 3.63. The topological polar surface area (TPSA) is 17.1 Å². The summed E-state index contributed by atoms with van der Waals surface area (Å²) in [5, 5.41) is 0. The summed E-state index contributed by atoms with van der Waals surface area (Å²) in [6, 6.07) is 0. The fourth-order valence-electron chi connectivity index (χ4n) is 1.82. The minimum absolute atomic E-state index is 0.242. The maximum Gasteiger partial charge on any atom is 0.136 e. The lowest BCUT2D eigenvalue weighted by atomic mass is 9.83. The first kappa shape index (κ1) is 9.50. The van der Waals surface area contributed by atoms with Crippen LogP contribution in [0.1, 0.15) is 39.5 Å². The number of hydrogen-bond acceptors (Lipinski definition) is 1. The molecule has 0 fully saturated rings. The van der Waals surface area contributed by atoms with Crippen LogP contribution in [0.2, 0.25) is 0 Å². The predicted molar refractivity (Wildman–Crippen MR) is 50.9 cm³/mol. The number of carbonyl (C=O) groups excluding carboxylic acids is 1. The van der Waals surface area contributed by atoms with Gasteiger partial charge >= 0.3 is 0 Å². The lowest BCUT2D eigenvalue weighted by molar-refractivity contribution is -0.123. The summed E-state index contributed by atoms with van der Waals surface area (Å²) in [5.41, 5.74) is 0. The molecule has 1 heteroatoms. The van der Waals surface area contributed by atoms with Crippen molar-refractivity contribution in [1.29, 1.82) is 0 Å². The van der Waals surface area contributed by atoms with E-state index in [1.54, 1.807) is 0 Å². The van der Waals surface area contributed by atoms with E-state index >= 15 is 0 Å². The normalized spacial score (nSPS) is 25.3. The van der Waals surface area contributed by atoms with Crippen molar-refractivity contribution >= 4 is 5.78 Å². The molecule has 2 atom stereocenters. The van der Waals surface area contributed by atoms with Crippen molar-refractivity contribution in [3.63, 3.8) is 0 Å². The highest BCUT2D eigenvalue weighted by molar-refractivity contribution is 5.80. The summed E-state index contributed by atoms with van der Waals surface area (Å²) in [4.78, 5) is 11.4. The van der Waals surface area contributed by atoms with Crippen LogP contribution in [-0.2, 0) is 4.79 Å². The van der Waals surface area contributed by atoms with Crippen molar-refractivity contribution in [2.24, 2.45) is 11.8 Å². The fraction of sp³-hybridized carbons (Fsp3) is 0.727. The molecular formula is C11H18O. The SMILES string of the molecule is CCC(=O)C(C)C1C=CCCC1. The third-order valence-corrected chi connectivity index (χ3v) is 2.79. The van der Waals surface area contributed by atoms with E-state index in [1.807, 2.05) is 6.92 Å². The van der Waals surface area contributed by atoms with Gasteiger partial charge in [0.15, 0.2) is 0 Å². The Morgan fingerprint density at radius 1 is 1.67 bits per heavy atom. The van der Waals surface area contributed by atoms with Crippen LogP contribution < -0.4 is 0 Å². The predicted octanol–water partition coefficient (Wildman–Crippen LogP) is 2.96. The van der Waals surface area contributed by atoms with Crippen LogP contribution in [0.5, 0.6) is 0 Å². The van der Waals surface area contributed by atoms with Gasteiger partial charge in [-0.3, -0.25) is 4.79 Å². The van der Waals surface area contributed by atoms with E-state index in [9.17, 15) is 4.79 Å². The standard InChI is InChI=1S/C11H18O/c1-3-11(12)9(2)10-7-5-4-6-8-10/h5,7,9-10H,3-4,6,8H2,1-2H3. The highest BCUT2D eigenvalue weighted by Crippen LogP contribution is 2.25. The Labute approximate surface area is 74.9 Å². The largest absolute Gasteiger partial charge is 0.299 e. The second kappa shape index (κ2) is 4.44. The molecule has 0 saturated heterocycles.